The second-order valence-electron chi connectivity index (χ2n) is 12.9. The molecule has 3 aromatic carbocycles. The zero-order valence-electron chi connectivity index (χ0n) is 26.6. The maximum Gasteiger partial charge on any atom is 0.296 e. The molecule has 3 aromatic rings. The molecule has 0 aromatic heterocycles. The van der Waals surface area contributed by atoms with Crippen LogP contribution in [-0.2, 0) is 20.7 Å². The molecule has 0 unspecified atom stereocenters. The summed E-state index contributed by atoms with van der Waals surface area (Å²) < 4.78 is 36.1. The Labute approximate surface area is 267 Å². The minimum Gasteiger partial charge on any atom is -0.489 e. The third-order valence-corrected chi connectivity index (χ3v) is 10.0. The number of nitriles is 1. The van der Waals surface area contributed by atoms with Gasteiger partial charge in [0.2, 0.25) is 5.69 Å². The predicted molar refractivity (Wildman–Crippen MR) is 174 cm³/mol. The first-order valence-electron chi connectivity index (χ1n) is 15.2. The number of nitrogens with one attached hydrogen (secondary N) is 1. The number of benzene rings is 3. The number of amides is 1. The van der Waals surface area contributed by atoms with Crippen LogP contribution in [0.4, 0.5) is 5.69 Å². The maximum atomic E-state index is 13.2. The van der Waals surface area contributed by atoms with Gasteiger partial charge in [-0.15, -0.1) is 0 Å². The van der Waals surface area contributed by atoms with Gasteiger partial charge in [-0.2, -0.15) is 13.7 Å². The molecule has 8 nitrogen and oxygen atoms in total. The molecule has 0 aliphatic heterocycles. The van der Waals surface area contributed by atoms with Crippen LogP contribution < -0.4 is 10.1 Å². The molecule has 1 N–H and O–H groups in total. The fourth-order valence-corrected chi connectivity index (χ4v) is 7.42. The van der Waals surface area contributed by atoms with E-state index in [0.29, 0.717) is 23.4 Å². The van der Waals surface area contributed by atoms with Crippen molar-refractivity contribution in [3.8, 4) is 11.8 Å². The van der Waals surface area contributed by atoms with E-state index in [4.69, 9.17) is 15.5 Å². The van der Waals surface area contributed by atoms with Crippen LogP contribution in [0.3, 0.4) is 0 Å². The van der Waals surface area contributed by atoms with Crippen molar-refractivity contribution in [3.63, 3.8) is 0 Å². The van der Waals surface area contributed by atoms with E-state index in [0.717, 1.165) is 36.8 Å². The Bertz CT molecular complexity index is 1680. The molecular formula is C36H41N3O5S. The lowest BCUT2D eigenvalue weighted by molar-refractivity contribution is -0.164. The fraction of sp³-hybridized carbons (Fsp3) is 0.417. The molecule has 0 atom stereocenters. The average Bonchev–Trinajstić information content (AvgIpc) is 3.01. The molecule has 0 radical (unpaired) electrons. The van der Waals surface area contributed by atoms with Gasteiger partial charge < -0.3 is 10.1 Å². The second kappa shape index (κ2) is 13.9. The summed E-state index contributed by atoms with van der Waals surface area (Å²) in [4.78, 5) is 16.8. The first-order valence-corrected chi connectivity index (χ1v) is 16.6. The highest BCUT2D eigenvalue weighted by Gasteiger charge is 2.64. The highest BCUT2D eigenvalue weighted by atomic mass is 32.2. The van der Waals surface area contributed by atoms with Gasteiger partial charge in [-0.3, -0.25) is 8.98 Å². The molecule has 0 heterocycles. The number of carbonyl (C=O) groups excluding carboxylic acids is 1. The van der Waals surface area contributed by atoms with Crippen LogP contribution in [-0.4, -0.2) is 33.1 Å². The van der Waals surface area contributed by atoms with Gasteiger partial charge in [0, 0.05) is 22.4 Å². The van der Waals surface area contributed by atoms with Gasteiger partial charge in [-0.05, 0) is 68.1 Å². The molecule has 1 aliphatic carbocycles. The van der Waals surface area contributed by atoms with Gasteiger partial charge in [-0.1, -0.05) is 76.4 Å². The van der Waals surface area contributed by atoms with Crippen molar-refractivity contribution in [2.45, 2.75) is 83.8 Å². The monoisotopic (exact) mass is 627 g/mol. The number of nitrogens with zero attached hydrogens (tertiary/aromatic N) is 2. The summed E-state index contributed by atoms with van der Waals surface area (Å²) in [5.41, 5.74) is 2.55. The highest BCUT2D eigenvalue weighted by molar-refractivity contribution is 7.86. The smallest absolute Gasteiger partial charge is 0.296 e. The van der Waals surface area contributed by atoms with Gasteiger partial charge in [0.1, 0.15) is 11.9 Å². The van der Waals surface area contributed by atoms with E-state index in [1.165, 1.54) is 0 Å². The normalized spacial score (nSPS) is 18.2. The first kappa shape index (κ1) is 33.7. The van der Waals surface area contributed by atoms with Crippen LogP contribution in [0, 0.1) is 35.7 Å². The van der Waals surface area contributed by atoms with E-state index in [-0.39, 0.29) is 45.9 Å². The molecule has 0 saturated heterocycles. The third kappa shape index (κ3) is 7.73. The SMILES string of the molecule is [C-]#[N+]c1ccc(OC2C(C)(C)C(NC(=O)c3ccc(CCCCCCOS(=O)(=O)c4ccc(C)cc4)cc3)C2(C)C)cc1C#N. The largest absolute Gasteiger partial charge is 0.489 e. The number of unbranched alkanes of at least 4 members (excludes halogenated alkanes) is 3. The molecular weight excluding hydrogens is 586 g/mol. The fourth-order valence-electron chi connectivity index (χ4n) is 6.48. The van der Waals surface area contributed by atoms with Gasteiger partial charge in [0.05, 0.1) is 29.7 Å². The number of carbonyl (C=O) groups is 1. The van der Waals surface area contributed by atoms with Crippen LogP contribution in [0.5, 0.6) is 5.75 Å². The van der Waals surface area contributed by atoms with Gasteiger partial charge in [-0.25, -0.2) is 4.85 Å². The molecule has 1 aliphatic rings. The van der Waals surface area contributed by atoms with E-state index < -0.39 is 10.1 Å². The van der Waals surface area contributed by atoms with Crippen LogP contribution in [0.2, 0.25) is 0 Å². The van der Waals surface area contributed by atoms with Crippen molar-refractivity contribution >= 4 is 21.7 Å². The average molecular weight is 628 g/mol. The van der Waals surface area contributed by atoms with Crippen molar-refractivity contribution in [3.05, 3.63) is 100 Å². The Balaban J connectivity index is 1.21. The Morgan fingerprint density at radius 1 is 0.956 bits per heavy atom. The first-order chi connectivity index (χ1) is 21.3. The minimum atomic E-state index is -3.72. The molecule has 4 rings (SSSR count). The van der Waals surface area contributed by atoms with E-state index in [9.17, 15) is 18.5 Å². The van der Waals surface area contributed by atoms with Crippen LogP contribution >= 0.6 is 0 Å². The van der Waals surface area contributed by atoms with E-state index >= 15 is 0 Å². The summed E-state index contributed by atoms with van der Waals surface area (Å²) in [7, 11) is -3.72. The Hall–Kier alpha value is -4.18. The number of ether oxygens (including phenoxy) is 1. The van der Waals surface area contributed by atoms with Crippen LogP contribution in [0.15, 0.2) is 71.6 Å². The van der Waals surface area contributed by atoms with Crippen LogP contribution in [0.25, 0.3) is 4.85 Å². The Morgan fingerprint density at radius 2 is 1.60 bits per heavy atom. The lowest BCUT2D eigenvalue weighted by Crippen LogP contribution is -2.74. The number of aryl methyl sites for hydroxylation is 2. The van der Waals surface area contributed by atoms with Crippen molar-refractivity contribution in [2.24, 2.45) is 10.8 Å². The summed E-state index contributed by atoms with van der Waals surface area (Å²) in [6.45, 7) is 17.5. The third-order valence-electron chi connectivity index (χ3n) is 8.70. The second-order valence-corrected chi connectivity index (χ2v) is 14.5. The Morgan fingerprint density at radius 3 is 2.22 bits per heavy atom. The van der Waals surface area contributed by atoms with Crippen LogP contribution in [0.1, 0.15) is 80.4 Å². The zero-order valence-corrected chi connectivity index (χ0v) is 27.4. The van der Waals surface area contributed by atoms with Gasteiger partial charge in [0.25, 0.3) is 16.0 Å². The molecule has 1 amide bonds. The molecule has 0 bridgehead atoms. The van der Waals surface area contributed by atoms with Crippen molar-refractivity contribution in [1.82, 2.24) is 5.32 Å². The Kier molecular flexibility index (Phi) is 10.4. The standard InChI is InChI=1S/C36H41N3O5S/c1-25-12-19-30(20-13-25)45(41,42)43-22-10-8-7-9-11-26-14-16-27(17-15-26)32(40)39-33-35(2,3)34(36(33,4)5)44-29-18-21-31(38-6)28(23-29)24-37/h12-21,23,33-34H,7-11,22H2,1-5H3,(H,39,40). The molecule has 1 saturated carbocycles. The van der Waals surface area contributed by atoms with Crippen molar-refractivity contribution in [2.75, 3.05) is 6.61 Å². The summed E-state index contributed by atoms with van der Waals surface area (Å²) in [6.07, 6.45) is 4.10. The zero-order chi connectivity index (χ0) is 32.8. The number of hydrogen-bond donors (Lipinski definition) is 1. The van der Waals surface area contributed by atoms with Crippen molar-refractivity contribution in [1.29, 1.82) is 5.26 Å². The van der Waals surface area contributed by atoms with E-state index in [1.807, 2.05) is 31.2 Å². The van der Waals surface area contributed by atoms with E-state index in [1.54, 1.807) is 42.5 Å². The predicted octanol–water partition coefficient (Wildman–Crippen LogP) is 7.54. The highest BCUT2D eigenvalue weighted by Crippen LogP contribution is 2.55. The molecule has 236 valence electrons. The van der Waals surface area contributed by atoms with Crippen molar-refractivity contribution < 1.29 is 22.1 Å². The quantitative estimate of drug-likeness (QED) is 0.119. The maximum absolute atomic E-state index is 13.2. The molecule has 1 fully saturated rings. The topological polar surface area (TPSA) is 110 Å². The van der Waals surface area contributed by atoms with Gasteiger partial charge >= 0.3 is 0 Å². The number of rotatable bonds is 13. The lowest BCUT2D eigenvalue weighted by atomic mass is 9.49. The van der Waals surface area contributed by atoms with Gasteiger partial charge in [0.15, 0.2) is 0 Å². The minimum absolute atomic E-state index is 0.139. The summed E-state index contributed by atoms with van der Waals surface area (Å²) in [5.74, 6) is 0.393. The summed E-state index contributed by atoms with van der Waals surface area (Å²) in [6, 6.07) is 21.1. The molecule has 0 spiro atoms. The number of hydrogen-bond acceptors (Lipinski definition) is 6. The summed E-state index contributed by atoms with van der Waals surface area (Å²) in [5, 5.41) is 12.6. The lowest BCUT2D eigenvalue weighted by Gasteiger charge is -2.63. The summed E-state index contributed by atoms with van der Waals surface area (Å²) >= 11 is 0. The molecule has 9 heteroatoms. The molecule has 45 heavy (non-hydrogen) atoms. The van der Waals surface area contributed by atoms with E-state index in [2.05, 4.69) is 43.9 Å².